The highest BCUT2D eigenvalue weighted by molar-refractivity contribution is 5.86. The van der Waals surface area contributed by atoms with Crippen LogP contribution < -0.4 is 5.32 Å². The second-order valence-electron chi connectivity index (χ2n) is 5.09. The van der Waals surface area contributed by atoms with Crippen molar-refractivity contribution < 1.29 is 14.6 Å². The summed E-state index contributed by atoms with van der Waals surface area (Å²) in [4.78, 5) is 10.8. The maximum absolute atomic E-state index is 10.8. The van der Waals surface area contributed by atoms with E-state index in [9.17, 15) is 4.79 Å². The summed E-state index contributed by atoms with van der Waals surface area (Å²) in [5.74, 6) is -0.818. The number of hydrogen-bond acceptors (Lipinski definition) is 3. The van der Waals surface area contributed by atoms with Crippen molar-refractivity contribution in [3.8, 4) is 0 Å². The monoisotopic (exact) mass is 241 g/mol. The van der Waals surface area contributed by atoms with E-state index in [1.54, 1.807) is 6.08 Å². The zero-order chi connectivity index (χ0) is 12.9. The Morgan fingerprint density at radius 1 is 1.59 bits per heavy atom. The molecular weight excluding hydrogens is 218 g/mol. The molecule has 0 radical (unpaired) electrons. The first-order valence-electron chi connectivity index (χ1n) is 6.24. The Kier molecular flexibility index (Phi) is 5.15. The van der Waals surface area contributed by atoms with E-state index in [1.807, 2.05) is 6.92 Å². The number of carboxylic acids is 1. The summed E-state index contributed by atoms with van der Waals surface area (Å²) < 4.78 is 5.63. The highest BCUT2D eigenvalue weighted by atomic mass is 16.5. The highest BCUT2D eigenvalue weighted by Gasteiger charge is 2.28. The van der Waals surface area contributed by atoms with E-state index in [4.69, 9.17) is 9.84 Å². The van der Waals surface area contributed by atoms with E-state index in [2.05, 4.69) is 19.2 Å². The van der Waals surface area contributed by atoms with Crippen LogP contribution in [0.2, 0.25) is 0 Å². The average Bonchev–Trinajstić information content (AvgIpc) is 2.22. The lowest BCUT2D eigenvalue weighted by Gasteiger charge is -2.35. The van der Waals surface area contributed by atoms with Crippen molar-refractivity contribution in [2.24, 2.45) is 0 Å². The van der Waals surface area contributed by atoms with Crippen LogP contribution in [0.3, 0.4) is 0 Å². The molecule has 4 heteroatoms. The third-order valence-electron chi connectivity index (χ3n) is 3.11. The van der Waals surface area contributed by atoms with Crippen LogP contribution in [-0.4, -0.2) is 35.9 Å². The Morgan fingerprint density at radius 2 is 2.29 bits per heavy atom. The van der Waals surface area contributed by atoms with Gasteiger partial charge in [-0.2, -0.15) is 0 Å². The van der Waals surface area contributed by atoms with Gasteiger partial charge in [-0.05, 0) is 33.1 Å². The lowest BCUT2D eigenvalue weighted by atomic mass is 9.94. The standard InChI is InChI=1S/C13H23NO3/c1-4-10(12(15)16)5-7-14-11-6-8-17-13(2,3)9-11/h5,11,14H,4,6-9H2,1-3H3,(H,15,16). The first-order valence-corrected chi connectivity index (χ1v) is 6.24. The zero-order valence-corrected chi connectivity index (χ0v) is 11.0. The van der Waals surface area contributed by atoms with Crippen LogP contribution in [0.15, 0.2) is 11.6 Å². The van der Waals surface area contributed by atoms with Crippen LogP contribution in [0, 0.1) is 0 Å². The fourth-order valence-corrected chi connectivity index (χ4v) is 2.14. The van der Waals surface area contributed by atoms with Crippen LogP contribution in [0.1, 0.15) is 40.0 Å². The molecule has 0 amide bonds. The summed E-state index contributed by atoms with van der Waals surface area (Å²) in [7, 11) is 0. The molecule has 0 bridgehead atoms. The molecule has 0 aromatic heterocycles. The number of hydrogen-bond donors (Lipinski definition) is 2. The van der Waals surface area contributed by atoms with Gasteiger partial charge in [-0.3, -0.25) is 0 Å². The molecule has 1 atom stereocenters. The van der Waals surface area contributed by atoms with E-state index in [-0.39, 0.29) is 5.60 Å². The Bertz CT molecular complexity index is 297. The topological polar surface area (TPSA) is 58.6 Å². The van der Waals surface area contributed by atoms with Gasteiger partial charge in [0.05, 0.1) is 5.60 Å². The molecule has 1 unspecified atom stereocenters. The lowest BCUT2D eigenvalue weighted by molar-refractivity contribution is -0.132. The molecule has 1 aliphatic rings. The number of carboxylic acid groups (broad SMARTS) is 1. The van der Waals surface area contributed by atoms with Gasteiger partial charge in [0.15, 0.2) is 0 Å². The van der Waals surface area contributed by atoms with E-state index in [0.29, 0.717) is 24.6 Å². The normalized spacial score (nSPS) is 24.6. The molecule has 1 saturated heterocycles. The second-order valence-corrected chi connectivity index (χ2v) is 5.09. The van der Waals surface area contributed by atoms with Gasteiger partial charge in [0, 0.05) is 24.8 Å². The van der Waals surface area contributed by atoms with Crippen LogP contribution in [0.5, 0.6) is 0 Å². The number of nitrogens with one attached hydrogen (secondary N) is 1. The smallest absolute Gasteiger partial charge is 0.331 e. The van der Waals surface area contributed by atoms with Gasteiger partial charge in [-0.25, -0.2) is 4.79 Å². The van der Waals surface area contributed by atoms with Crippen molar-refractivity contribution >= 4 is 5.97 Å². The molecule has 0 aliphatic carbocycles. The lowest BCUT2D eigenvalue weighted by Crippen LogP contribution is -2.43. The van der Waals surface area contributed by atoms with E-state index >= 15 is 0 Å². The number of rotatable bonds is 5. The summed E-state index contributed by atoms with van der Waals surface area (Å²) in [5, 5.41) is 12.3. The summed E-state index contributed by atoms with van der Waals surface area (Å²) in [6.45, 7) is 7.43. The molecule has 98 valence electrons. The van der Waals surface area contributed by atoms with Crippen molar-refractivity contribution in [3.63, 3.8) is 0 Å². The Balaban J connectivity index is 2.38. The van der Waals surface area contributed by atoms with Gasteiger partial charge < -0.3 is 15.2 Å². The van der Waals surface area contributed by atoms with Crippen LogP contribution in [0.4, 0.5) is 0 Å². The maximum atomic E-state index is 10.8. The molecule has 0 saturated carbocycles. The number of carbonyl (C=O) groups is 1. The highest BCUT2D eigenvalue weighted by Crippen LogP contribution is 2.23. The number of aliphatic carboxylic acids is 1. The van der Waals surface area contributed by atoms with Crippen molar-refractivity contribution in [2.75, 3.05) is 13.2 Å². The van der Waals surface area contributed by atoms with Crippen LogP contribution in [-0.2, 0) is 9.53 Å². The molecule has 0 spiro atoms. The van der Waals surface area contributed by atoms with Gasteiger partial charge in [0.2, 0.25) is 0 Å². The average molecular weight is 241 g/mol. The maximum Gasteiger partial charge on any atom is 0.331 e. The minimum Gasteiger partial charge on any atom is -0.478 e. The van der Waals surface area contributed by atoms with E-state index in [1.165, 1.54) is 0 Å². The van der Waals surface area contributed by atoms with Crippen molar-refractivity contribution in [1.29, 1.82) is 0 Å². The molecule has 0 aromatic carbocycles. The molecule has 0 aromatic rings. The molecule has 4 nitrogen and oxygen atoms in total. The van der Waals surface area contributed by atoms with Gasteiger partial charge >= 0.3 is 5.97 Å². The minimum absolute atomic E-state index is 0.0694. The van der Waals surface area contributed by atoms with Crippen LogP contribution in [0.25, 0.3) is 0 Å². The van der Waals surface area contributed by atoms with Crippen molar-refractivity contribution in [1.82, 2.24) is 5.32 Å². The van der Waals surface area contributed by atoms with Crippen molar-refractivity contribution in [2.45, 2.75) is 51.7 Å². The first kappa shape index (κ1) is 14.2. The zero-order valence-electron chi connectivity index (χ0n) is 11.0. The molecule has 17 heavy (non-hydrogen) atoms. The molecule has 1 fully saturated rings. The Labute approximate surface area is 103 Å². The van der Waals surface area contributed by atoms with Crippen molar-refractivity contribution in [3.05, 3.63) is 11.6 Å². The largest absolute Gasteiger partial charge is 0.478 e. The van der Waals surface area contributed by atoms with E-state index in [0.717, 1.165) is 19.4 Å². The summed E-state index contributed by atoms with van der Waals surface area (Å²) in [6.07, 6.45) is 4.29. The predicted molar refractivity (Wildman–Crippen MR) is 67.1 cm³/mol. The minimum atomic E-state index is -0.818. The third-order valence-corrected chi connectivity index (χ3v) is 3.11. The molecule has 1 heterocycles. The molecule has 1 aliphatic heterocycles. The molecular formula is C13H23NO3. The van der Waals surface area contributed by atoms with Crippen LogP contribution >= 0.6 is 0 Å². The molecule has 1 rings (SSSR count). The fraction of sp³-hybridized carbons (Fsp3) is 0.769. The quantitative estimate of drug-likeness (QED) is 0.722. The Hall–Kier alpha value is -0.870. The third kappa shape index (κ3) is 4.88. The van der Waals surface area contributed by atoms with E-state index < -0.39 is 5.97 Å². The Morgan fingerprint density at radius 3 is 2.82 bits per heavy atom. The van der Waals surface area contributed by atoms with Gasteiger partial charge in [-0.1, -0.05) is 13.0 Å². The number of ether oxygens (including phenoxy) is 1. The molecule has 2 N–H and O–H groups in total. The second kappa shape index (κ2) is 6.17. The summed E-state index contributed by atoms with van der Waals surface area (Å²) in [6, 6.07) is 0.418. The summed E-state index contributed by atoms with van der Waals surface area (Å²) in [5.41, 5.74) is 0.406. The SMILES string of the molecule is CCC(=CCNC1CCOC(C)(C)C1)C(=O)O. The summed E-state index contributed by atoms with van der Waals surface area (Å²) >= 11 is 0. The van der Waals surface area contributed by atoms with Gasteiger partial charge in [-0.15, -0.1) is 0 Å². The fourth-order valence-electron chi connectivity index (χ4n) is 2.14. The van der Waals surface area contributed by atoms with Gasteiger partial charge in [0.1, 0.15) is 0 Å². The van der Waals surface area contributed by atoms with Gasteiger partial charge in [0.25, 0.3) is 0 Å². The predicted octanol–water partition coefficient (Wildman–Crippen LogP) is 1.95. The first-order chi connectivity index (χ1) is 7.94.